The van der Waals surface area contributed by atoms with Crippen LogP contribution in [0, 0.1) is 0 Å². The van der Waals surface area contributed by atoms with Gasteiger partial charge in [-0.15, -0.1) is 0 Å². The molecule has 3 rings (SSSR count). The van der Waals surface area contributed by atoms with Crippen LogP contribution in [0.1, 0.15) is 39.0 Å². The van der Waals surface area contributed by atoms with E-state index in [4.69, 9.17) is 4.43 Å². The summed E-state index contributed by atoms with van der Waals surface area (Å²) in [6, 6.07) is 16.3. The van der Waals surface area contributed by atoms with Gasteiger partial charge >= 0.3 is 0 Å². The lowest BCUT2D eigenvalue weighted by atomic mass is 10.1. The summed E-state index contributed by atoms with van der Waals surface area (Å²) in [6.45, 7) is 17.5. The van der Waals surface area contributed by atoms with E-state index < -0.39 is 18.3 Å². The lowest BCUT2D eigenvalue weighted by Crippen LogP contribution is -2.41. The number of benzene rings is 2. The number of fused-ring (bicyclic) bond motifs is 1. The largest absolute Gasteiger partial charge is 0.416 e. The van der Waals surface area contributed by atoms with Gasteiger partial charge in [0.1, 0.15) is 0 Å². The molecular formula is C27H35NO3SSi. The second kappa shape index (κ2) is 9.45. The molecule has 2 aromatic carbocycles. The average Bonchev–Trinajstić information content (AvgIpc) is 3.06. The molecule has 0 amide bonds. The molecule has 0 aliphatic carbocycles. The molecule has 33 heavy (non-hydrogen) atoms. The second-order valence-electron chi connectivity index (χ2n) is 10.0. The van der Waals surface area contributed by atoms with Gasteiger partial charge in [-0.25, -0.2) is 12.4 Å². The van der Waals surface area contributed by atoms with Gasteiger partial charge in [-0.05, 0) is 61.3 Å². The van der Waals surface area contributed by atoms with Crippen LogP contribution in [0.2, 0.25) is 18.1 Å². The number of hydrogen-bond donors (Lipinski definition) is 0. The highest BCUT2D eigenvalue weighted by Crippen LogP contribution is 2.37. The molecule has 0 unspecified atom stereocenters. The van der Waals surface area contributed by atoms with Crippen molar-refractivity contribution in [3.8, 4) is 0 Å². The molecule has 0 atom stereocenters. The number of rotatable bonds is 8. The van der Waals surface area contributed by atoms with E-state index in [1.165, 1.54) is 3.97 Å². The zero-order chi connectivity index (χ0) is 24.4. The van der Waals surface area contributed by atoms with Crippen LogP contribution in [-0.2, 0) is 20.9 Å². The van der Waals surface area contributed by atoms with Crippen LogP contribution < -0.4 is 0 Å². The Labute approximate surface area is 199 Å². The Morgan fingerprint density at radius 1 is 1.06 bits per heavy atom. The van der Waals surface area contributed by atoms with Crippen LogP contribution >= 0.6 is 0 Å². The quantitative estimate of drug-likeness (QED) is 0.256. The predicted molar refractivity (Wildman–Crippen MR) is 142 cm³/mol. The maximum Gasteiger partial charge on any atom is 0.268 e. The Kier molecular flexibility index (Phi) is 7.22. The second-order valence-corrected chi connectivity index (χ2v) is 16.6. The van der Waals surface area contributed by atoms with Gasteiger partial charge in [0.25, 0.3) is 10.0 Å². The van der Waals surface area contributed by atoms with E-state index in [9.17, 15) is 8.42 Å². The molecule has 3 aromatic rings. The van der Waals surface area contributed by atoms with Crippen LogP contribution in [0.5, 0.6) is 0 Å². The fourth-order valence-electron chi connectivity index (χ4n) is 3.53. The fourth-order valence-corrected chi connectivity index (χ4v) is 6.14. The van der Waals surface area contributed by atoms with Gasteiger partial charge in [0.2, 0.25) is 0 Å². The molecule has 0 radical (unpaired) electrons. The Morgan fingerprint density at radius 2 is 1.67 bits per heavy atom. The minimum atomic E-state index is -3.80. The van der Waals surface area contributed by atoms with Crippen molar-refractivity contribution in [2.75, 3.05) is 6.61 Å². The highest BCUT2D eigenvalue weighted by atomic mass is 32.2. The third-order valence-corrected chi connectivity index (χ3v) is 12.7. The van der Waals surface area contributed by atoms with Crippen molar-refractivity contribution < 1.29 is 12.8 Å². The van der Waals surface area contributed by atoms with Gasteiger partial charge < -0.3 is 4.43 Å². The first-order valence-corrected chi connectivity index (χ1v) is 15.6. The molecule has 176 valence electrons. The molecule has 1 heterocycles. The smallest absolute Gasteiger partial charge is 0.268 e. The summed E-state index contributed by atoms with van der Waals surface area (Å²) in [6.07, 6.45) is 4.36. The van der Waals surface area contributed by atoms with Crippen molar-refractivity contribution in [2.24, 2.45) is 0 Å². The Morgan fingerprint density at radius 3 is 2.27 bits per heavy atom. The first-order chi connectivity index (χ1) is 15.4. The Bertz CT molecular complexity index is 1280. The highest BCUT2D eigenvalue weighted by Gasteiger charge is 2.37. The Hall–Kier alpha value is -2.41. The van der Waals surface area contributed by atoms with Crippen LogP contribution in [0.15, 0.2) is 77.7 Å². The van der Waals surface area contributed by atoms with Crippen molar-refractivity contribution in [1.82, 2.24) is 3.97 Å². The summed E-state index contributed by atoms with van der Waals surface area (Å²) in [5.41, 5.74) is 3.15. The van der Waals surface area contributed by atoms with E-state index in [0.717, 1.165) is 16.5 Å². The van der Waals surface area contributed by atoms with Crippen molar-refractivity contribution in [3.05, 3.63) is 84.1 Å². The molecule has 1 aromatic heterocycles. The molecular weight excluding hydrogens is 446 g/mol. The summed E-state index contributed by atoms with van der Waals surface area (Å²) in [5, 5.41) is 1.04. The number of hydrogen-bond acceptors (Lipinski definition) is 3. The van der Waals surface area contributed by atoms with Gasteiger partial charge in [0, 0.05) is 12.0 Å². The molecule has 0 aliphatic rings. The first-order valence-electron chi connectivity index (χ1n) is 11.3. The van der Waals surface area contributed by atoms with Gasteiger partial charge in [-0.2, -0.15) is 0 Å². The summed E-state index contributed by atoms with van der Waals surface area (Å²) in [4.78, 5) is 0.264. The van der Waals surface area contributed by atoms with Crippen LogP contribution in [0.3, 0.4) is 0 Å². The minimum absolute atomic E-state index is 0.111. The van der Waals surface area contributed by atoms with Crippen molar-refractivity contribution in [3.63, 3.8) is 0 Å². The zero-order valence-corrected chi connectivity index (χ0v) is 22.4. The van der Waals surface area contributed by atoms with E-state index >= 15 is 0 Å². The SMILES string of the molecule is C=C(C)/C=C/c1c(CCO[Si](C)(C)C(C)(C)C)c2ccccc2n1S(=O)(=O)c1ccccc1. The van der Waals surface area contributed by atoms with Crippen molar-refractivity contribution in [2.45, 2.75) is 57.1 Å². The van der Waals surface area contributed by atoms with E-state index in [0.29, 0.717) is 24.2 Å². The lowest BCUT2D eigenvalue weighted by molar-refractivity contribution is 0.292. The van der Waals surface area contributed by atoms with E-state index in [1.807, 2.05) is 49.4 Å². The monoisotopic (exact) mass is 481 g/mol. The van der Waals surface area contributed by atoms with Gasteiger partial charge in [-0.1, -0.05) is 75.4 Å². The maximum atomic E-state index is 13.8. The number of allylic oxidation sites excluding steroid dienone is 2. The maximum absolute atomic E-state index is 13.8. The van der Waals surface area contributed by atoms with Crippen LogP contribution in [0.4, 0.5) is 0 Å². The average molecular weight is 482 g/mol. The minimum Gasteiger partial charge on any atom is -0.416 e. The van der Waals surface area contributed by atoms with Crippen molar-refractivity contribution in [1.29, 1.82) is 0 Å². The van der Waals surface area contributed by atoms with Crippen LogP contribution in [-0.4, -0.2) is 27.3 Å². The molecule has 0 saturated carbocycles. The predicted octanol–water partition coefficient (Wildman–Crippen LogP) is 7.03. The molecule has 6 heteroatoms. The third kappa shape index (κ3) is 5.23. The summed E-state index contributed by atoms with van der Waals surface area (Å²) in [5.74, 6) is 0. The molecule has 0 bridgehead atoms. The highest BCUT2D eigenvalue weighted by molar-refractivity contribution is 7.90. The molecule has 0 fully saturated rings. The normalized spacial score (nSPS) is 13.2. The van der Waals surface area contributed by atoms with E-state index in [2.05, 4.69) is 40.4 Å². The number of nitrogens with zero attached hydrogens (tertiary/aromatic N) is 1. The topological polar surface area (TPSA) is 48.3 Å². The third-order valence-electron chi connectivity index (χ3n) is 6.40. The Balaban J connectivity index is 2.18. The van der Waals surface area contributed by atoms with Gasteiger partial charge in [0.05, 0.1) is 16.1 Å². The lowest BCUT2D eigenvalue weighted by Gasteiger charge is -2.36. The number of aromatic nitrogens is 1. The summed E-state index contributed by atoms with van der Waals surface area (Å²) < 4.78 is 35.5. The summed E-state index contributed by atoms with van der Waals surface area (Å²) >= 11 is 0. The fraction of sp³-hybridized carbons (Fsp3) is 0.333. The molecule has 0 saturated heterocycles. The van der Waals surface area contributed by atoms with Gasteiger partial charge in [0.15, 0.2) is 8.32 Å². The van der Waals surface area contributed by atoms with E-state index in [1.54, 1.807) is 24.3 Å². The molecule has 4 nitrogen and oxygen atoms in total. The molecule has 0 N–H and O–H groups in total. The van der Waals surface area contributed by atoms with Crippen molar-refractivity contribution >= 4 is 35.3 Å². The number of para-hydroxylation sites is 1. The first kappa shape index (κ1) is 25.2. The molecule has 0 aliphatic heterocycles. The van der Waals surface area contributed by atoms with E-state index in [-0.39, 0.29) is 9.93 Å². The molecule has 0 spiro atoms. The zero-order valence-electron chi connectivity index (χ0n) is 20.6. The van der Waals surface area contributed by atoms with Gasteiger partial charge in [-0.3, -0.25) is 0 Å². The summed E-state index contributed by atoms with van der Waals surface area (Å²) in [7, 11) is -5.72. The van der Waals surface area contributed by atoms with Crippen LogP contribution in [0.25, 0.3) is 17.0 Å². The standard InChI is InChI=1S/C27H35NO3SSi/c1-21(2)17-18-26-24(19-20-31-33(6,7)27(3,4)5)23-15-11-12-16-25(23)28(26)32(29,30)22-13-9-8-10-14-22/h8-18H,1,19-20H2,2-7H3/b18-17+.